The van der Waals surface area contributed by atoms with E-state index in [-0.39, 0.29) is 11.3 Å². The molecule has 1 saturated heterocycles. The van der Waals surface area contributed by atoms with Crippen molar-refractivity contribution in [2.45, 2.75) is 24.8 Å². The van der Waals surface area contributed by atoms with Crippen LogP contribution in [0.25, 0.3) is 0 Å². The average Bonchev–Trinajstić information content (AvgIpc) is 3.23. The standard InChI is InChI=1S/C23H25N3O2/c27-22(20-15-25-26(17-20)16-19-7-3-1-4-8-19)24-18-23(11-13-28-14-12-23)21-9-5-2-6-10-21/h1-10,15,17H,11-14,16,18H2,(H,24,27). The number of hydrogen-bond donors (Lipinski definition) is 1. The first-order valence-corrected chi connectivity index (χ1v) is 9.73. The Morgan fingerprint density at radius 2 is 1.71 bits per heavy atom. The molecule has 0 spiro atoms. The smallest absolute Gasteiger partial charge is 0.254 e. The zero-order valence-electron chi connectivity index (χ0n) is 15.9. The quantitative estimate of drug-likeness (QED) is 0.718. The molecule has 1 aromatic heterocycles. The zero-order valence-corrected chi connectivity index (χ0v) is 15.9. The lowest BCUT2D eigenvalue weighted by Crippen LogP contribution is -2.44. The van der Waals surface area contributed by atoms with Gasteiger partial charge in [0.1, 0.15) is 0 Å². The Kier molecular flexibility index (Phi) is 5.53. The summed E-state index contributed by atoms with van der Waals surface area (Å²) in [4.78, 5) is 12.7. The van der Waals surface area contributed by atoms with Crippen LogP contribution in [0, 0.1) is 0 Å². The van der Waals surface area contributed by atoms with E-state index in [1.807, 2.05) is 30.5 Å². The van der Waals surface area contributed by atoms with Gasteiger partial charge in [-0.2, -0.15) is 5.10 Å². The number of amides is 1. The minimum atomic E-state index is -0.0823. The normalized spacial score (nSPS) is 15.9. The van der Waals surface area contributed by atoms with E-state index in [9.17, 15) is 4.79 Å². The van der Waals surface area contributed by atoms with Crippen molar-refractivity contribution in [2.24, 2.45) is 0 Å². The molecule has 4 rings (SSSR count). The zero-order chi connectivity index (χ0) is 19.2. The molecule has 28 heavy (non-hydrogen) atoms. The fourth-order valence-corrected chi connectivity index (χ4v) is 3.81. The maximum Gasteiger partial charge on any atom is 0.254 e. The molecule has 1 aliphatic rings. The van der Waals surface area contributed by atoms with Crippen LogP contribution in [0.4, 0.5) is 0 Å². The second-order valence-corrected chi connectivity index (χ2v) is 7.35. The molecule has 0 radical (unpaired) electrons. The SMILES string of the molecule is O=C(NCC1(c2ccccc2)CCOCC1)c1cnn(Cc2ccccc2)c1. The van der Waals surface area contributed by atoms with Crippen molar-refractivity contribution in [3.05, 3.63) is 89.7 Å². The molecule has 1 N–H and O–H groups in total. The minimum Gasteiger partial charge on any atom is -0.381 e. The summed E-state index contributed by atoms with van der Waals surface area (Å²) in [6.45, 7) is 2.70. The summed E-state index contributed by atoms with van der Waals surface area (Å²) in [5.41, 5.74) is 2.93. The van der Waals surface area contributed by atoms with Crippen LogP contribution in [0.15, 0.2) is 73.1 Å². The second-order valence-electron chi connectivity index (χ2n) is 7.35. The molecule has 5 nitrogen and oxygen atoms in total. The van der Waals surface area contributed by atoms with Crippen molar-refractivity contribution in [1.82, 2.24) is 15.1 Å². The van der Waals surface area contributed by atoms with E-state index in [1.54, 1.807) is 10.9 Å². The van der Waals surface area contributed by atoms with Crippen LogP contribution in [-0.2, 0) is 16.7 Å². The molecule has 0 atom stereocenters. The number of aromatic nitrogens is 2. The van der Waals surface area contributed by atoms with Crippen LogP contribution in [0.5, 0.6) is 0 Å². The molecule has 2 aromatic carbocycles. The largest absolute Gasteiger partial charge is 0.381 e. The Bertz CT molecular complexity index is 900. The van der Waals surface area contributed by atoms with Crippen LogP contribution in [-0.4, -0.2) is 35.4 Å². The first-order chi connectivity index (χ1) is 13.8. The molecule has 0 unspecified atom stereocenters. The van der Waals surface area contributed by atoms with E-state index in [2.05, 4.69) is 46.8 Å². The maximum absolute atomic E-state index is 12.7. The van der Waals surface area contributed by atoms with Crippen LogP contribution in [0.2, 0.25) is 0 Å². The molecular weight excluding hydrogens is 350 g/mol. The number of nitrogens with one attached hydrogen (secondary N) is 1. The molecule has 1 fully saturated rings. The van der Waals surface area contributed by atoms with Crippen molar-refractivity contribution >= 4 is 5.91 Å². The van der Waals surface area contributed by atoms with Crippen LogP contribution >= 0.6 is 0 Å². The number of rotatable bonds is 6. The molecule has 5 heteroatoms. The van der Waals surface area contributed by atoms with E-state index >= 15 is 0 Å². The molecular formula is C23H25N3O2. The summed E-state index contributed by atoms with van der Waals surface area (Å²) in [6, 6.07) is 20.5. The summed E-state index contributed by atoms with van der Waals surface area (Å²) in [6.07, 6.45) is 5.26. The number of benzene rings is 2. The molecule has 0 bridgehead atoms. The van der Waals surface area contributed by atoms with Gasteiger partial charge in [-0.25, -0.2) is 0 Å². The molecule has 1 aliphatic heterocycles. The Balaban J connectivity index is 1.43. The molecule has 3 aromatic rings. The molecule has 2 heterocycles. The molecule has 144 valence electrons. The first-order valence-electron chi connectivity index (χ1n) is 9.73. The molecule has 1 amide bonds. The van der Waals surface area contributed by atoms with E-state index in [0.29, 0.717) is 18.7 Å². The highest BCUT2D eigenvalue weighted by Crippen LogP contribution is 2.34. The van der Waals surface area contributed by atoms with Gasteiger partial charge < -0.3 is 10.1 Å². The van der Waals surface area contributed by atoms with Crippen LogP contribution in [0.1, 0.15) is 34.3 Å². The van der Waals surface area contributed by atoms with Gasteiger partial charge in [-0.1, -0.05) is 60.7 Å². The van der Waals surface area contributed by atoms with Crippen molar-refractivity contribution < 1.29 is 9.53 Å². The van der Waals surface area contributed by atoms with Gasteiger partial charge in [-0.3, -0.25) is 9.48 Å². The van der Waals surface area contributed by atoms with E-state index in [0.717, 1.165) is 31.6 Å². The van der Waals surface area contributed by atoms with E-state index in [4.69, 9.17) is 4.74 Å². The second kappa shape index (κ2) is 8.40. The van der Waals surface area contributed by atoms with E-state index in [1.165, 1.54) is 5.56 Å². The van der Waals surface area contributed by atoms with Gasteiger partial charge in [0, 0.05) is 31.4 Å². The number of ether oxygens (including phenoxy) is 1. The van der Waals surface area contributed by atoms with Gasteiger partial charge in [0.25, 0.3) is 5.91 Å². The lowest BCUT2D eigenvalue weighted by Gasteiger charge is -2.38. The van der Waals surface area contributed by atoms with Gasteiger partial charge in [0.15, 0.2) is 0 Å². The van der Waals surface area contributed by atoms with Gasteiger partial charge in [-0.15, -0.1) is 0 Å². The Hall–Kier alpha value is -2.92. The fourth-order valence-electron chi connectivity index (χ4n) is 3.81. The minimum absolute atomic E-state index is 0.0742. The van der Waals surface area contributed by atoms with Gasteiger partial charge in [0.05, 0.1) is 18.3 Å². The summed E-state index contributed by atoms with van der Waals surface area (Å²) in [7, 11) is 0. The lowest BCUT2D eigenvalue weighted by atomic mass is 9.74. The summed E-state index contributed by atoms with van der Waals surface area (Å²) >= 11 is 0. The van der Waals surface area contributed by atoms with Crippen LogP contribution in [0.3, 0.4) is 0 Å². The predicted molar refractivity (Wildman–Crippen MR) is 108 cm³/mol. The lowest BCUT2D eigenvalue weighted by molar-refractivity contribution is 0.0487. The van der Waals surface area contributed by atoms with Crippen LogP contribution < -0.4 is 5.32 Å². The molecule has 0 saturated carbocycles. The van der Waals surface area contributed by atoms with Crippen molar-refractivity contribution in [1.29, 1.82) is 0 Å². The fraction of sp³-hybridized carbons (Fsp3) is 0.304. The van der Waals surface area contributed by atoms with Crippen molar-refractivity contribution in [3.63, 3.8) is 0 Å². The summed E-state index contributed by atoms with van der Waals surface area (Å²) in [5.74, 6) is -0.0823. The topological polar surface area (TPSA) is 56.1 Å². The number of hydrogen-bond acceptors (Lipinski definition) is 3. The first kappa shape index (κ1) is 18.4. The summed E-state index contributed by atoms with van der Waals surface area (Å²) in [5, 5.41) is 7.48. The van der Waals surface area contributed by atoms with Gasteiger partial charge in [-0.05, 0) is 24.0 Å². The average molecular weight is 375 g/mol. The Labute approximate surface area is 165 Å². The summed E-state index contributed by atoms with van der Waals surface area (Å²) < 4.78 is 7.37. The number of carbonyl (C=O) groups is 1. The predicted octanol–water partition coefficient (Wildman–Crippen LogP) is 3.41. The highest BCUT2D eigenvalue weighted by atomic mass is 16.5. The number of nitrogens with zero attached hydrogens (tertiary/aromatic N) is 2. The molecule has 0 aliphatic carbocycles. The Morgan fingerprint density at radius 1 is 1.04 bits per heavy atom. The highest BCUT2D eigenvalue weighted by Gasteiger charge is 2.34. The third-order valence-electron chi connectivity index (χ3n) is 5.51. The third-order valence-corrected chi connectivity index (χ3v) is 5.51. The Morgan fingerprint density at radius 3 is 2.43 bits per heavy atom. The van der Waals surface area contributed by atoms with Gasteiger partial charge in [0.2, 0.25) is 0 Å². The van der Waals surface area contributed by atoms with Crippen molar-refractivity contribution in [3.8, 4) is 0 Å². The monoisotopic (exact) mass is 375 g/mol. The van der Waals surface area contributed by atoms with Crippen molar-refractivity contribution in [2.75, 3.05) is 19.8 Å². The highest BCUT2D eigenvalue weighted by molar-refractivity contribution is 5.93. The third kappa shape index (κ3) is 4.15. The van der Waals surface area contributed by atoms with Gasteiger partial charge >= 0.3 is 0 Å². The number of carbonyl (C=O) groups excluding carboxylic acids is 1. The maximum atomic E-state index is 12.7. The van der Waals surface area contributed by atoms with E-state index < -0.39 is 0 Å².